The summed E-state index contributed by atoms with van der Waals surface area (Å²) in [6.45, 7) is 0. The van der Waals surface area contributed by atoms with E-state index in [0.717, 1.165) is 17.4 Å². The van der Waals surface area contributed by atoms with Crippen molar-refractivity contribution in [2.75, 3.05) is 0 Å². The first-order valence-electron chi connectivity index (χ1n) is 8.18. The average molecular weight is 290 g/mol. The van der Waals surface area contributed by atoms with Gasteiger partial charge in [0.05, 0.1) is 0 Å². The van der Waals surface area contributed by atoms with Gasteiger partial charge in [0.15, 0.2) is 0 Å². The predicted molar refractivity (Wildman–Crippen MR) is 92.4 cm³/mol. The van der Waals surface area contributed by atoms with Crippen LogP contribution in [0.4, 0.5) is 0 Å². The normalized spacial score (nSPS) is 27.2. The zero-order valence-electron chi connectivity index (χ0n) is 12.4. The minimum Gasteiger partial charge on any atom is -0.0851 e. The highest BCUT2D eigenvalue weighted by Gasteiger charge is 2.37. The first-order valence-corrected chi connectivity index (χ1v) is 9.81. The van der Waals surface area contributed by atoms with Crippen LogP contribution in [-0.4, -0.2) is 9.52 Å². The molecule has 0 aliphatic heterocycles. The van der Waals surface area contributed by atoms with E-state index in [1.54, 1.807) is 0 Å². The molecule has 2 aliphatic rings. The van der Waals surface area contributed by atoms with Gasteiger partial charge in [0.25, 0.3) is 0 Å². The summed E-state index contributed by atoms with van der Waals surface area (Å²) in [6.07, 6.45) is 7.88. The van der Waals surface area contributed by atoms with Crippen molar-refractivity contribution in [1.82, 2.24) is 0 Å². The summed E-state index contributed by atoms with van der Waals surface area (Å²) in [7, 11) is -0.174. The minimum atomic E-state index is -0.174. The number of hydrogen-bond acceptors (Lipinski definition) is 0. The van der Waals surface area contributed by atoms with E-state index in [4.69, 9.17) is 0 Å². The maximum Gasteiger partial charge on any atom is 0.0381 e. The van der Waals surface area contributed by atoms with E-state index in [1.165, 1.54) is 24.0 Å². The lowest BCUT2D eigenvalue weighted by Crippen LogP contribution is -2.18. The highest BCUT2D eigenvalue weighted by molar-refractivity contribution is 6.41. The third-order valence-corrected chi connectivity index (χ3v) is 8.32. The molecule has 0 saturated heterocycles. The second kappa shape index (κ2) is 5.65. The molecule has 2 aromatic carbocycles. The summed E-state index contributed by atoms with van der Waals surface area (Å²) in [6, 6.07) is 22.4. The summed E-state index contributed by atoms with van der Waals surface area (Å²) in [4.78, 5) is 0. The Bertz CT molecular complexity index is 577. The monoisotopic (exact) mass is 290 g/mol. The summed E-state index contributed by atoms with van der Waals surface area (Å²) < 4.78 is 0. The van der Waals surface area contributed by atoms with Crippen molar-refractivity contribution in [2.24, 2.45) is 11.8 Å². The van der Waals surface area contributed by atoms with Gasteiger partial charge in [0.2, 0.25) is 0 Å². The quantitative estimate of drug-likeness (QED) is 0.581. The molecule has 0 radical (unpaired) electrons. The molecule has 1 saturated carbocycles. The third kappa shape index (κ3) is 2.63. The maximum absolute atomic E-state index is 2.51. The van der Waals surface area contributed by atoms with Gasteiger partial charge in [-0.1, -0.05) is 72.8 Å². The summed E-state index contributed by atoms with van der Waals surface area (Å²) in [5.74, 6) is 1.80. The third-order valence-electron chi connectivity index (χ3n) is 5.36. The van der Waals surface area contributed by atoms with Gasteiger partial charge in [0.1, 0.15) is 0 Å². The van der Waals surface area contributed by atoms with Gasteiger partial charge in [0, 0.05) is 9.52 Å². The molecule has 2 aromatic rings. The Morgan fingerprint density at radius 3 is 1.86 bits per heavy atom. The van der Waals surface area contributed by atoms with Crippen LogP contribution in [0, 0.1) is 11.8 Å². The molecule has 0 nitrogen and oxygen atoms in total. The molecule has 0 N–H and O–H groups in total. The van der Waals surface area contributed by atoms with Crippen LogP contribution in [-0.2, 0) is 0 Å². The lowest BCUT2D eigenvalue weighted by atomic mass is 10.0. The summed E-state index contributed by atoms with van der Waals surface area (Å²) in [5, 5.41) is 0. The van der Waals surface area contributed by atoms with E-state index in [-0.39, 0.29) is 9.52 Å². The average Bonchev–Trinajstić information content (AvgIpc) is 3.17. The molecule has 1 fully saturated rings. The molecule has 0 aromatic heterocycles. The fraction of sp³-hybridized carbons (Fsp3) is 0.300. The molecule has 21 heavy (non-hydrogen) atoms. The van der Waals surface area contributed by atoms with E-state index in [2.05, 4.69) is 72.8 Å². The van der Waals surface area contributed by atoms with Crippen molar-refractivity contribution in [3.8, 4) is 0 Å². The summed E-state index contributed by atoms with van der Waals surface area (Å²) in [5.41, 5.74) is 4.75. The first-order chi connectivity index (χ1) is 10.4. The largest absolute Gasteiger partial charge is 0.0851 e. The van der Waals surface area contributed by atoms with Crippen LogP contribution in [0.1, 0.15) is 29.5 Å². The van der Waals surface area contributed by atoms with Crippen molar-refractivity contribution in [3.05, 3.63) is 83.9 Å². The van der Waals surface area contributed by atoms with Gasteiger partial charge in [-0.05, 0) is 46.9 Å². The van der Waals surface area contributed by atoms with Crippen LogP contribution in [0.5, 0.6) is 0 Å². The second-order valence-electron chi connectivity index (χ2n) is 6.65. The van der Waals surface area contributed by atoms with Crippen LogP contribution in [0.15, 0.2) is 72.8 Å². The Labute approximate surface area is 129 Å². The molecule has 3 unspecified atom stereocenters. The Morgan fingerprint density at radius 1 is 0.762 bits per heavy atom. The van der Waals surface area contributed by atoms with Gasteiger partial charge < -0.3 is 0 Å². The van der Waals surface area contributed by atoms with Gasteiger partial charge in [-0.3, -0.25) is 0 Å². The van der Waals surface area contributed by atoms with Crippen molar-refractivity contribution < 1.29 is 0 Å². The predicted octanol–water partition coefficient (Wildman–Crippen LogP) is 4.33. The molecule has 2 aliphatic carbocycles. The molecular formula is C20H22Si. The van der Waals surface area contributed by atoms with Gasteiger partial charge in [-0.25, -0.2) is 0 Å². The van der Waals surface area contributed by atoms with Crippen LogP contribution in [0.2, 0.25) is 5.54 Å². The standard InChI is InChI=1S/C20H22Si/c1-3-7-16(8-4-1)20(17-9-5-2-6-10-17)21-19-14-15-11-12-18(19)13-15/h1-12,15,18-20H,13-14,21H2. The number of fused-ring (bicyclic) bond motifs is 2. The second-order valence-corrected chi connectivity index (χ2v) is 8.99. The van der Waals surface area contributed by atoms with Crippen LogP contribution < -0.4 is 0 Å². The molecule has 4 rings (SSSR count). The lowest BCUT2D eigenvalue weighted by Gasteiger charge is -2.25. The van der Waals surface area contributed by atoms with Crippen molar-refractivity contribution in [3.63, 3.8) is 0 Å². The molecule has 1 heteroatoms. The zero-order valence-corrected chi connectivity index (χ0v) is 13.8. The lowest BCUT2D eigenvalue weighted by molar-refractivity contribution is 0.684. The first kappa shape index (κ1) is 13.1. The van der Waals surface area contributed by atoms with E-state index < -0.39 is 0 Å². The number of rotatable bonds is 4. The molecule has 2 bridgehead atoms. The molecule has 0 heterocycles. The molecule has 3 atom stereocenters. The Balaban J connectivity index is 1.63. The minimum absolute atomic E-state index is 0.174. The van der Waals surface area contributed by atoms with E-state index in [9.17, 15) is 0 Å². The smallest absolute Gasteiger partial charge is 0.0381 e. The topological polar surface area (TPSA) is 0 Å². The van der Waals surface area contributed by atoms with Gasteiger partial charge >= 0.3 is 0 Å². The van der Waals surface area contributed by atoms with Crippen LogP contribution in [0.25, 0.3) is 0 Å². The van der Waals surface area contributed by atoms with Crippen molar-refractivity contribution in [2.45, 2.75) is 23.9 Å². The van der Waals surface area contributed by atoms with Gasteiger partial charge in [-0.15, -0.1) is 0 Å². The van der Waals surface area contributed by atoms with Crippen molar-refractivity contribution >= 4 is 9.52 Å². The fourth-order valence-corrected chi connectivity index (χ4v) is 7.32. The summed E-state index contributed by atoms with van der Waals surface area (Å²) >= 11 is 0. The van der Waals surface area contributed by atoms with E-state index in [0.29, 0.717) is 5.54 Å². The fourth-order valence-electron chi connectivity index (χ4n) is 4.30. The van der Waals surface area contributed by atoms with Crippen molar-refractivity contribution in [1.29, 1.82) is 0 Å². The number of hydrogen-bond donors (Lipinski definition) is 0. The molecular weight excluding hydrogens is 268 g/mol. The van der Waals surface area contributed by atoms with Gasteiger partial charge in [-0.2, -0.15) is 0 Å². The Kier molecular flexibility index (Phi) is 3.52. The molecule has 0 amide bonds. The highest BCUT2D eigenvalue weighted by Crippen LogP contribution is 2.48. The Hall–Kier alpha value is -1.60. The van der Waals surface area contributed by atoms with Crippen LogP contribution >= 0.6 is 0 Å². The van der Waals surface area contributed by atoms with E-state index >= 15 is 0 Å². The molecule has 0 spiro atoms. The number of allylic oxidation sites excluding steroid dienone is 2. The zero-order chi connectivity index (χ0) is 14.1. The Morgan fingerprint density at radius 2 is 1.38 bits per heavy atom. The highest BCUT2D eigenvalue weighted by atomic mass is 28.2. The maximum atomic E-state index is 2.51. The SMILES string of the molecule is C1=CC2CC1CC2[SiH2]C(c1ccccc1)c1ccccc1. The van der Waals surface area contributed by atoms with Crippen LogP contribution in [0.3, 0.4) is 0 Å². The number of benzene rings is 2. The van der Waals surface area contributed by atoms with E-state index in [1.807, 2.05) is 0 Å². The molecule has 106 valence electrons.